The fourth-order valence-corrected chi connectivity index (χ4v) is 3.85. The van der Waals surface area contributed by atoms with Gasteiger partial charge in [0.25, 0.3) is 0 Å². The van der Waals surface area contributed by atoms with Gasteiger partial charge in [0.2, 0.25) is 0 Å². The van der Waals surface area contributed by atoms with Crippen molar-refractivity contribution in [3.63, 3.8) is 0 Å². The molecule has 2 N–H and O–H groups in total. The minimum atomic E-state index is 0.574. The second-order valence-corrected chi connectivity index (χ2v) is 7.05. The molecule has 0 radical (unpaired) electrons. The van der Waals surface area contributed by atoms with Crippen LogP contribution in [-0.2, 0) is 0 Å². The smallest absolute Gasteiger partial charge is 0.186 e. The van der Waals surface area contributed by atoms with Crippen LogP contribution >= 0.6 is 11.3 Å². The summed E-state index contributed by atoms with van der Waals surface area (Å²) in [5.41, 5.74) is 8.29. The highest BCUT2D eigenvalue weighted by atomic mass is 32.1. The van der Waals surface area contributed by atoms with E-state index < -0.39 is 0 Å². The Balaban J connectivity index is 1.82. The molecule has 0 atom stereocenters. The molecule has 108 valence electrons. The molecular weight excluding hydrogens is 266 g/mol. The lowest BCUT2D eigenvalue weighted by Gasteiger charge is -2.30. The van der Waals surface area contributed by atoms with Crippen LogP contribution in [0, 0.1) is 5.92 Å². The van der Waals surface area contributed by atoms with Crippen LogP contribution in [0.1, 0.15) is 38.2 Å². The maximum Gasteiger partial charge on any atom is 0.186 e. The van der Waals surface area contributed by atoms with E-state index in [0.717, 1.165) is 25.2 Å². The molecule has 1 aromatic carbocycles. The summed E-state index contributed by atoms with van der Waals surface area (Å²) in [6.45, 7) is 7.49. The Bertz CT molecular complexity index is 582. The van der Waals surface area contributed by atoms with Gasteiger partial charge in [-0.05, 0) is 48.9 Å². The van der Waals surface area contributed by atoms with Crippen LogP contribution in [0.25, 0.3) is 10.2 Å². The standard InChI is InChI=1S/C16H23N3S/c1-11(2)13-3-4-14-15(9-13)20-16(18-14)19-7-5-12(10-17)6-8-19/h3-4,9,11-12H,5-8,10,17H2,1-2H3. The summed E-state index contributed by atoms with van der Waals surface area (Å²) in [6, 6.07) is 6.67. The Morgan fingerprint density at radius 1 is 1.35 bits per heavy atom. The van der Waals surface area contributed by atoms with E-state index in [2.05, 4.69) is 36.9 Å². The SMILES string of the molecule is CC(C)c1ccc2nc(N3CCC(CN)CC3)sc2c1. The van der Waals surface area contributed by atoms with E-state index in [1.807, 2.05) is 11.3 Å². The molecule has 1 aliphatic heterocycles. The van der Waals surface area contributed by atoms with Crippen molar-refractivity contribution in [3.8, 4) is 0 Å². The molecule has 2 aromatic rings. The molecular formula is C16H23N3S. The molecule has 20 heavy (non-hydrogen) atoms. The number of benzene rings is 1. The Labute approximate surface area is 124 Å². The molecule has 0 unspecified atom stereocenters. The summed E-state index contributed by atoms with van der Waals surface area (Å²) in [5.74, 6) is 1.28. The average molecular weight is 289 g/mol. The van der Waals surface area contributed by atoms with Gasteiger partial charge in [-0.2, -0.15) is 0 Å². The number of rotatable bonds is 3. The quantitative estimate of drug-likeness (QED) is 0.939. The summed E-state index contributed by atoms with van der Waals surface area (Å²) < 4.78 is 1.31. The maximum atomic E-state index is 5.76. The molecule has 1 aliphatic rings. The zero-order valence-corrected chi connectivity index (χ0v) is 13.1. The molecule has 1 fully saturated rings. The highest BCUT2D eigenvalue weighted by molar-refractivity contribution is 7.22. The molecule has 2 heterocycles. The first-order valence-electron chi connectivity index (χ1n) is 7.53. The number of anilines is 1. The van der Waals surface area contributed by atoms with Crippen molar-refractivity contribution in [1.82, 2.24) is 4.98 Å². The van der Waals surface area contributed by atoms with Gasteiger partial charge in [0, 0.05) is 13.1 Å². The normalized spacial score (nSPS) is 17.3. The van der Waals surface area contributed by atoms with Gasteiger partial charge in [0.05, 0.1) is 10.2 Å². The van der Waals surface area contributed by atoms with Gasteiger partial charge in [-0.3, -0.25) is 0 Å². The highest BCUT2D eigenvalue weighted by Crippen LogP contribution is 2.33. The van der Waals surface area contributed by atoms with Crippen LogP contribution in [0.4, 0.5) is 5.13 Å². The lowest BCUT2D eigenvalue weighted by atomic mass is 9.98. The lowest BCUT2D eigenvalue weighted by Crippen LogP contribution is -2.35. The van der Waals surface area contributed by atoms with Crippen molar-refractivity contribution < 1.29 is 0 Å². The molecule has 4 heteroatoms. The van der Waals surface area contributed by atoms with E-state index in [9.17, 15) is 0 Å². The zero-order chi connectivity index (χ0) is 14.1. The monoisotopic (exact) mass is 289 g/mol. The highest BCUT2D eigenvalue weighted by Gasteiger charge is 2.20. The predicted molar refractivity (Wildman–Crippen MR) is 87.7 cm³/mol. The van der Waals surface area contributed by atoms with Crippen LogP contribution in [0.15, 0.2) is 18.2 Å². The third kappa shape index (κ3) is 2.67. The molecule has 0 saturated carbocycles. The van der Waals surface area contributed by atoms with E-state index in [1.54, 1.807) is 0 Å². The van der Waals surface area contributed by atoms with E-state index in [-0.39, 0.29) is 0 Å². The second kappa shape index (κ2) is 5.70. The third-order valence-corrected chi connectivity index (χ3v) is 5.37. The molecule has 0 aliphatic carbocycles. The lowest BCUT2D eigenvalue weighted by molar-refractivity contribution is 0.414. The first kappa shape index (κ1) is 13.8. The number of fused-ring (bicyclic) bond motifs is 1. The molecule has 0 amide bonds. The minimum absolute atomic E-state index is 0.574. The van der Waals surface area contributed by atoms with Gasteiger partial charge in [0.15, 0.2) is 5.13 Å². The van der Waals surface area contributed by atoms with Crippen LogP contribution in [0.3, 0.4) is 0 Å². The number of aromatic nitrogens is 1. The van der Waals surface area contributed by atoms with Crippen molar-refractivity contribution in [2.75, 3.05) is 24.5 Å². The third-order valence-electron chi connectivity index (χ3n) is 4.29. The van der Waals surface area contributed by atoms with Crippen molar-refractivity contribution in [2.24, 2.45) is 11.7 Å². The minimum Gasteiger partial charge on any atom is -0.348 e. The number of hydrogen-bond donors (Lipinski definition) is 1. The Morgan fingerprint density at radius 3 is 2.75 bits per heavy atom. The first-order valence-corrected chi connectivity index (χ1v) is 8.34. The van der Waals surface area contributed by atoms with Crippen molar-refractivity contribution >= 4 is 26.7 Å². The van der Waals surface area contributed by atoms with Gasteiger partial charge < -0.3 is 10.6 Å². The summed E-state index contributed by atoms with van der Waals surface area (Å²) in [5, 5.41) is 1.18. The summed E-state index contributed by atoms with van der Waals surface area (Å²) >= 11 is 1.83. The fraction of sp³-hybridized carbons (Fsp3) is 0.562. The predicted octanol–water partition coefficient (Wildman–Crippen LogP) is 3.59. The van der Waals surface area contributed by atoms with Crippen molar-refractivity contribution in [3.05, 3.63) is 23.8 Å². The number of nitrogens with zero attached hydrogens (tertiary/aromatic N) is 2. The van der Waals surface area contributed by atoms with Gasteiger partial charge in [-0.15, -0.1) is 0 Å². The van der Waals surface area contributed by atoms with E-state index in [0.29, 0.717) is 11.8 Å². The Hall–Kier alpha value is -1.13. The van der Waals surface area contributed by atoms with Crippen LogP contribution < -0.4 is 10.6 Å². The molecule has 0 spiro atoms. The van der Waals surface area contributed by atoms with Crippen LogP contribution in [0.2, 0.25) is 0 Å². The number of piperidine rings is 1. The van der Waals surface area contributed by atoms with Gasteiger partial charge in [-0.25, -0.2) is 4.98 Å². The second-order valence-electron chi connectivity index (χ2n) is 6.04. The molecule has 3 rings (SSSR count). The molecule has 1 aromatic heterocycles. The summed E-state index contributed by atoms with van der Waals surface area (Å²) in [7, 11) is 0. The van der Waals surface area contributed by atoms with Gasteiger partial charge >= 0.3 is 0 Å². The van der Waals surface area contributed by atoms with Gasteiger partial charge in [-0.1, -0.05) is 31.3 Å². The van der Waals surface area contributed by atoms with Crippen LogP contribution in [0.5, 0.6) is 0 Å². The first-order chi connectivity index (χ1) is 9.67. The van der Waals surface area contributed by atoms with Crippen LogP contribution in [-0.4, -0.2) is 24.6 Å². The maximum absolute atomic E-state index is 5.76. The largest absolute Gasteiger partial charge is 0.348 e. The fourth-order valence-electron chi connectivity index (χ4n) is 2.78. The van der Waals surface area contributed by atoms with Gasteiger partial charge in [0.1, 0.15) is 0 Å². The number of hydrogen-bond acceptors (Lipinski definition) is 4. The van der Waals surface area contributed by atoms with Crippen molar-refractivity contribution in [2.45, 2.75) is 32.6 Å². The van der Waals surface area contributed by atoms with Crippen molar-refractivity contribution in [1.29, 1.82) is 0 Å². The van der Waals surface area contributed by atoms with E-state index >= 15 is 0 Å². The zero-order valence-electron chi connectivity index (χ0n) is 12.3. The topological polar surface area (TPSA) is 42.2 Å². The molecule has 3 nitrogen and oxygen atoms in total. The average Bonchev–Trinajstić information content (AvgIpc) is 2.90. The summed E-state index contributed by atoms with van der Waals surface area (Å²) in [4.78, 5) is 7.22. The number of nitrogens with two attached hydrogens (primary N) is 1. The Morgan fingerprint density at radius 2 is 2.10 bits per heavy atom. The summed E-state index contributed by atoms with van der Waals surface area (Å²) in [6.07, 6.45) is 2.40. The number of thiazole rings is 1. The Kier molecular flexibility index (Phi) is 3.94. The van der Waals surface area contributed by atoms with E-state index in [4.69, 9.17) is 10.7 Å². The molecule has 0 bridgehead atoms. The van der Waals surface area contributed by atoms with E-state index in [1.165, 1.54) is 28.2 Å². The molecule has 1 saturated heterocycles.